The zero-order valence-electron chi connectivity index (χ0n) is 15.1. The largest absolute Gasteiger partial charge is 0.337 e. The third-order valence-corrected chi connectivity index (χ3v) is 5.70. The molecule has 2 saturated heterocycles. The summed E-state index contributed by atoms with van der Waals surface area (Å²) < 4.78 is 0. The number of hydrogen-bond acceptors (Lipinski definition) is 2. The molecule has 2 aromatic rings. The Bertz CT molecular complexity index is 768. The maximum atomic E-state index is 12.6. The quantitative estimate of drug-likeness (QED) is 0.851. The summed E-state index contributed by atoms with van der Waals surface area (Å²) in [4.78, 5) is 17.0. The summed E-state index contributed by atoms with van der Waals surface area (Å²) in [5.41, 5.74) is 5.07. The van der Waals surface area contributed by atoms with Crippen LogP contribution in [0.1, 0.15) is 30.9 Å². The van der Waals surface area contributed by atoms with Gasteiger partial charge in [0, 0.05) is 25.7 Å². The third kappa shape index (κ3) is 3.21. The van der Waals surface area contributed by atoms with Crippen molar-refractivity contribution in [3.8, 4) is 11.1 Å². The molecule has 0 N–H and O–H groups in total. The van der Waals surface area contributed by atoms with E-state index >= 15 is 0 Å². The highest BCUT2D eigenvalue weighted by Crippen LogP contribution is 2.27. The highest BCUT2D eigenvalue weighted by molar-refractivity contribution is 5.83. The second-order valence-corrected chi connectivity index (χ2v) is 7.50. The SMILES string of the molecule is Cc1cccc(-c2ccc(CN3C[C@H]4CCCN4C(=O)[C@H]3C)cc2)c1. The van der Waals surface area contributed by atoms with Crippen molar-refractivity contribution in [2.45, 2.75) is 45.3 Å². The van der Waals surface area contributed by atoms with E-state index in [2.05, 4.69) is 72.2 Å². The number of rotatable bonds is 3. The van der Waals surface area contributed by atoms with Crippen LogP contribution < -0.4 is 0 Å². The topological polar surface area (TPSA) is 23.6 Å². The molecule has 2 aliphatic rings. The number of carbonyl (C=O) groups is 1. The van der Waals surface area contributed by atoms with Crippen molar-refractivity contribution in [1.82, 2.24) is 9.80 Å². The van der Waals surface area contributed by atoms with Crippen LogP contribution >= 0.6 is 0 Å². The van der Waals surface area contributed by atoms with Gasteiger partial charge in [0.2, 0.25) is 5.91 Å². The predicted molar refractivity (Wildman–Crippen MR) is 101 cm³/mol. The molecule has 2 aromatic carbocycles. The van der Waals surface area contributed by atoms with Crippen molar-refractivity contribution >= 4 is 5.91 Å². The Labute approximate surface area is 150 Å². The van der Waals surface area contributed by atoms with Crippen LogP contribution in [0.3, 0.4) is 0 Å². The Morgan fingerprint density at radius 3 is 2.64 bits per heavy atom. The summed E-state index contributed by atoms with van der Waals surface area (Å²) in [5.74, 6) is 0.310. The second kappa shape index (κ2) is 6.64. The summed E-state index contributed by atoms with van der Waals surface area (Å²) in [7, 11) is 0. The van der Waals surface area contributed by atoms with Gasteiger partial charge in [-0.15, -0.1) is 0 Å². The Morgan fingerprint density at radius 1 is 1.08 bits per heavy atom. The number of benzene rings is 2. The number of piperazine rings is 1. The fourth-order valence-corrected chi connectivity index (χ4v) is 4.20. The smallest absolute Gasteiger partial charge is 0.239 e. The monoisotopic (exact) mass is 334 g/mol. The molecule has 0 unspecified atom stereocenters. The van der Waals surface area contributed by atoms with Crippen molar-refractivity contribution in [3.63, 3.8) is 0 Å². The summed E-state index contributed by atoms with van der Waals surface area (Å²) in [6.45, 7) is 6.99. The zero-order chi connectivity index (χ0) is 17.4. The van der Waals surface area contributed by atoms with Gasteiger partial charge < -0.3 is 4.90 Å². The standard InChI is InChI=1S/C22H26N2O/c1-16-5-3-6-20(13-16)19-10-8-18(9-11-19)14-23-15-21-7-4-12-24(21)22(25)17(23)2/h3,5-6,8-11,13,17,21H,4,7,12,14-15H2,1-2H3/t17-,21-/m1/s1. The molecule has 0 radical (unpaired) electrons. The lowest BCUT2D eigenvalue weighted by Crippen LogP contribution is -2.58. The molecule has 0 aromatic heterocycles. The minimum absolute atomic E-state index is 0.00852. The van der Waals surface area contributed by atoms with E-state index in [1.54, 1.807) is 0 Å². The van der Waals surface area contributed by atoms with Crippen LogP contribution in [0.4, 0.5) is 0 Å². The lowest BCUT2D eigenvalue weighted by atomic mass is 10.0. The zero-order valence-corrected chi connectivity index (χ0v) is 15.1. The van der Waals surface area contributed by atoms with E-state index < -0.39 is 0 Å². The molecule has 0 bridgehead atoms. The minimum atomic E-state index is -0.00852. The third-order valence-electron chi connectivity index (χ3n) is 5.70. The van der Waals surface area contributed by atoms with Crippen molar-refractivity contribution in [1.29, 1.82) is 0 Å². The average Bonchev–Trinajstić information content (AvgIpc) is 3.09. The molecule has 0 aliphatic carbocycles. The first-order chi connectivity index (χ1) is 12.1. The number of fused-ring (bicyclic) bond motifs is 1. The van der Waals surface area contributed by atoms with Crippen molar-refractivity contribution in [2.75, 3.05) is 13.1 Å². The van der Waals surface area contributed by atoms with Crippen LogP contribution in [0.25, 0.3) is 11.1 Å². The van der Waals surface area contributed by atoms with Gasteiger partial charge in [-0.05, 0) is 43.4 Å². The molecule has 1 amide bonds. The van der Waals surface area contributed by atoms with E-state index in [-0.39, 0.29) is 6.04 Å². The molecule has 2 fully saturated rings. The van der Waals surface area contributed by atoms with Crippen molar-refractivity contribution < 1.29 is 4.79 Å². The lowest BCUT2D eigenvalue weighted by molar-refractivity contribution is -0.143. The van der Waals surface area contributed by atoms with Crippen molar-refractivity contribution in [3.05, 3.63) is 59.7 Å². The summed E-state index contributed by atoms with van der Waals surface area (Å²) >= 11 is 0. The maximum Gasteiger partial charge on any atom is 0.239 e. The van der Waals surface area contributed by atoms with Gasteiger partial charge in [-0.25, -0.2) is 0 Å². The van der Waals surface area contributed by atoms with Gasteiger partial charge in [-0.3, -0.25) is 9.69 Å². The van der Waals surface area contributed by atoms with Crippen LogP contribution in [0.5, 0.6) is 0 Å². The predicted octanol–water partition coefficient (Wildman–Crippen LogP) is 3.86. The first-order valence-corrected chi connectivity index (χ1v) is 9.32. The molecule has 2 heterocycles. The normalized spacial score (nSPS) is 23.8. The molecular weight excluding hydrogens is 308 g/mol. The Morgan fingerprint density at radius 2 is 1.88 bits per heavy atom. The molecular formula is C22H26N2O. The highest BCUT2D eigenvalue weighted by atomic mass is 16.2. The van der Waals surface area contributed by atoms with Crippen molar-refractivity contribution in [2.24, 2.45) is 0 Å². The molecule has 0 spiro atoms. The molecule has 2 aliphatic heterocycles. The number of aryl methyl sites for hydroxylation is 1. The molecule has 25 heavy (non-hydrogen) atoms. The van der Waals surface area contributed by atoms with Crippen LogP contribution in [0, 0.1) is 6.92 Å². The van der Waals surface area contributed by atoms with Crippen LogP contribution in [-0.2, 0) is 11.3 Å². The Kier molecular flexibility index (Phi) is 4.34. The van der Waals surface area contributed by atoms with Gasteiger partial charge in [0.05, 0.1) is 6.04 Å². The molecule has 4 rings (SSSR count). The van der Waals surface area contributed by atoms with Gasteiger partial charge in [-0.2, -0.15) is 0 Å². The summed E-state index contributed by atoms with van der Waals surface area (Å²) in [5, 5.41) is 0. The number of amides is 1. The van der Waals surface area contributed by atoms with Gasteiger partial charge >= 0.3 is 0 Å². The number of carbonyl (C=O) groups excluding carboxylic acids is 1. The fourth-order valence-electron chi connectivity index (χ4n) is 4.20. The van der Waals surface area contributed by atoms with Gasteiger partial charge in [0.15, 0.2) is 0 Å². The second-order valence-electron chi connectivity index (χ2n) is 7.50. The fraction of sp³-hybridized carbons (Fsp3) is 0.409. The van der Waals surface area contributed by atoms with E-state index in [1.165, 1.54) is 22.3 Å². The lowest BCUT2D eigenvalue weighted by Gasteiger charge is -2.41. The Hall–Kier alpha value is -2.13. The highest BCUT2D eigenvalue weighted by Gasteiger charge is 2.39. The minimum Gasteiger partial charge on any atom is -0.337 e. The first kappa shape index (κ1) is 16.3. The van der Waals surface area contributed by atoms with Crippen LogP contribution in [0.2, 0.25) is 0 Å². The Balaban J connectivity index is 1.48. The van der Waals surface area contributed by atoms with E-state index in [1.807, 2.05) is 0 Å². The van der Waals surface area contributed by atoms with Crippen LogP contribution in [-0.4, -0.2) is 40.9 Å². The van der Waals surface area contributed by atoms with Gasteiger partial charge in [-0.1, -0.05) is 54.1 Å². The molecule has 0 saturated carbocycles. The molecule has 3 heteroatoms. The summed E-state index contributed by atoms with van der Waals surface area (Å²) in [6.07, 6.45) is 2.31. The first-order valence-electron chi connectivity index (χ1n) is 9.32. The number of nitrogens with zero attached hydrogens (tertiary/aromatic N) is 2. The number of hydrogen-bond donors (Lipinski definition) is 0. The molecule has 3 nitrogen and oxygen atoms in total. The van der Waals surface area contributed by atoms with Gasteiger partial charge in [0.25, 0.3) is 0 Å². The van der Waals surface area contributed by atoms with E-state index in [0.29, 0.717) is 11.9 Å². The van der Waals surface area contributed by atoms with E-state index in [4.69, 9.17) is 0 Å². The van der Waals surface area contributed by atoms with E-state index in [0.717, 1.165) is 32.5 Å². The average molecular weight is 334 g/mol. The van der Waals surface area contributed by atoms with Crippen LogP contribution in [0.15, 0.2) is 48.5 Å². The maximum absolute atomic E-state index is 12.6. The van der Waals surface area contributed by atoms with Gasteiger partial charge in [0.1, 0.15) is 0 Å². The molecule has 130 valence electrons. The summed E-state index contributed by atoms with van der Waals surface area (Å²) in [6, 6.07) is 17.8. The molecule has 2 atom stereocenters. The van der Waals surface area contributed by atoms with E-state index in [9.17, 15) is 4.79 Å².